The minimum absolute atomic E-state index is 0.222. The summed E-state index contributed by atoms with van der Waals surface area (Å²) in [5, 5.41) is 0.447. The van der Waals surface area contributed by atoms with Gasteiger partial charge in [0.25, 0.3) is 0 Å². The number of piperidine rings is 1. The summed E-state index contributed by atoms with van der Waals surface area (Å²) in [6.07, 6.45) is 3.29. The Labute approximate surface area is 193 Å². The van der Waals surface area contributed by atoms with E-state index in [1.165, 1.54) is 19.1 Å². The van der Waals surface area contributed by atoms with Crippen LogP contribution in [-0.4, -0.2) is 66.2 Å². The van der Waals surface area contributed by atoms with Crippen LogP contribution in [0, 0.1) is 11.8 Å². The Bertz CT molecular complexity index is 937. The van der Waals surface area contributed by atoms with Crippen molar-refractivity contribution in [1.82, 2.24) is 9.80 Å². The average molecular weight is 461 g/mol. The van der Waals surface area contributed by atoms with Gasteiger partial charge in [-0.05, 0) is 49.9 Å². The van der Waals surface area contributed by atoms with Crippen LogP contribution in [0.4, 0.5) is 0 Å². The summed E-state index contributed by atoms with van der Waals surface area (Å²) in [7, 11) is 4.53. The highest BCUT2D eigenvalue weighted by Gasteiger charge is 2.72. The largest absolute Gasteiger partial charge is 0.496 e. The molecule has 0 saturated carbocycles. The molecular formula is C24H32N2O5S. The summed E-state index contributed by atoms with van der Waals surface area (Å²) in [5.41, 5.74) is -0.202. The summed E-state index contributed by atoms with van der Waals surface area (Å²) < 4.78 is 10.9. The van der Waals surface area contributed by atoms with Gasteiger partial charge in [0.05, 0.1) is 26.1 Å². The Morgan fingerprint density at radius 3 is 2.66 bits per heavy atom. The molecule has 5 atom stereocenters. The fourth-order valence-electron chi connectivity index (χ4n) is 5.77. The van der Waals surface area contributed by atoms with Crippen molar-refractivity contribution < 1.29 is 23.9 Å². The summed E-state index contributed by atoms with van der Waals surface area (Å²) >= 11 is 1.76. The first-order valence-electron chi connectivity index (χ1n) is 11.3. The van der Waals surface area contributed by atoms with Crippen molar-refractivity contribution in [2.45, 2.75) is 61.3 Å². The molecule has 3 saturated heterocycles. The third-order valence-corrected chi connectivity index (χ3v) is 8.78. The van der Waals surface area contributed by atoms with Crippen molar-refractivity contribution in [1.29, 1.82) is 0 Å². The zero-order chi connectivity index (χ0) is 23.2. The van der Waals surface area contributed by atoms with Crippen LogP contribution >= 0.6 is 11.8 Å². The van der Waals surface area contributed by atoms with Crippen molar-refractivity contribution in [3.05, 3.63) is 23.8 Å². The number of amides is 2. The Morgan fingerprint density at radius 1 is 1.25 bits per heavy atom. The van der Waals surface area contributed by atoms with Crippen molar-refractivity contribution in [3.63, 3.8) is 0 Å². The first-order chi connectivity index (χ1) is 15.3. The standard InChI is InChI=1S/C24H32N2O5S/c1-6-14(2)32-17-10-9-15(13-16(17)30-4)20-18-19(22(28)25(3)21(18)27)24(23(29)31-5)11-7-8-12-26(20)24/h9-10,13-14,18-20H,6-8,11-12H2,1-5H3/t14?,18?,19?,20?,24-/m0/s1. The molecule has 4 rings (SSSR count). The molecule has 3 aliphatic rings. The van der Waals surface area contributed by atoms with Crippen molar-refractivity contribution >= 4 is 29.5 Å². The zero-order valence-electron chi connectivity index (χ0n) is 19.4. The van der Waals surface area contributed by atoms with Gasteiger partial charge in [-0.25, -0.2) is 0 Å². The Hall–Kier alpha value is -2.06. The maximum absolute atomic E-state index is 13.3. The number of benzene rings is 1. The fourth-order valence-corrected chi connectivity index (χ4v) is 6.77. The Kier molecular flexibility index (Phi) is 6.29. The lowest BCUT2D eigenvalue weighted by Crippen LogP contribution is -2.59. The van der Waals surface area contributed by atoms with Crippen LogP contribution in [-0.2, 0) is 19.1 Å². The van der Waals surface area contributed by atoms with Crippen molar-refractivity contribution in [2.75, 3.05) is 27.8 Å². The number of ether oxygens (including phenoxy) is 2. The number of nitrogens with zero attached hydrogens (tertiary/aromatic N) is 2. The van der Waals surface area contributed by atoms with Gasteiger partial charge in [-0.15, -0.1) is 11.8 Å². The van der Waals surface area contributed by atoms with E-state index in [0.717, 1.165) is 35.5 Å². The third-order valence-electron chi connectivity index (χ3n) is 7.45. The molecule has 174 valence electrons. The lowest BCUT2D eigenvalue weighted by molar-refractivity contribution is -0.163. The number of rotatable bonds is 6. The molecular weight excluding hydrogens is 428 g/mol. The number of fused-ring (bicyclic) bond motifs is 3. The number of hydrogen-bond acceptors (Lipinski definition) is 7. The van der Waals surface area contributed by atoms with Crippen molar-refractivity contribution in [2.24, 2.45) is 11.8 Å². The summed E-state index contributed by atoms with van der Waals surface area (Å²) in [5.74, 6) is -1.50. The first-order valence-corrected chi connectivity index (χ1v) is 12.2. The van der Waals surface area contributed by atoms with Crippen LogP contribution in [0.1, 0.15) is 51.1 Å². The molecule has 0 N–H and O–H groups in total. The summed E-state index contributed by atoms with van der Waals surface area (Å²) in [6, 6.07) is 5.65. The van der Waals surface area contributed by atoms with E-state index in [-0.39, 0.29) is 17.9 Å². The molecule has 3 aliphatic heterocycles. The molecule has 7 nitrogen and oxygen atoms in total. The molecule has 0 bridgehead atoms. The van der Waals surface area contributed by atoms with E-state index in [1.54, 1.807) is 18.9 Å². The van der Waals surface area contributed by atoms with Crippen LogP contribution in [0.5, 0.6) is 5.75 Å². The number of thioether (sulfide) groups is 1. The molecule has 0 radical (unpaired) electrons. The molecule has 0 aromatic heterocycles. The average Bonchev–Trinajstić information content (AvgIpc) is 3.25. The molecule has 32 heavy (non-hydrogen) atoms. The van der Waals surface area contributed by atoms with Crippen LogP contribution in [0.3, 0.4) is 0 Å². The van der Waals surface area contributed by atoms with E-state index in [0.29, 0.717) is 18.2 Å². The molecule has 8 heteroatoms. The predicted molar refractivity (Wildman–Crippen MR) is 121 cm³/mol. The zero-order valence-corrected chi connectivity index (χ0v) is 20.2. The van der Waals surface area contributed by atoms with Gasteiger partial charge >= 0.3 is 5.97 Å². The molecule has 3 fully saturated rings. The van der Waals surface area contributed by atoms with Crippen molar-refractivity contribution in [3.8, 4) is 5.75 Å². The second-order valence-corrected chi connectivity index (χ2v) is 10.5. The number of carbonyl (C=O) groups is 3. The Balaban J connectivity index is 1.84. The minimum atomic E-state index is -1.10. The van der Waals surface area contributed by atoms with Crippen LogP contribution in [0.25, 0.3) is 0 Å². The quantitative estimate of drug-likeness (QED) is 0.366. The van der Waals surface area contributed by atoms with E-state index in [2.05, 4.69) is 18.7 Å². The molecule has 2 amide bonds. The van der Waals surface area contributed by atoms with E-state index >= 15 is 0 Å². The van der Waals surface area contributed by atoms with Gasteiger partial charge in [0.1, 0.15) is 11.3 Å². The Morgan fingerprint density at radius 2 is 2.00 bits per heavy atom. The van der Waals surface area contributed by atoms with E-state index < -0.39 is 23.3 Å². The van der Waals surface area contributed by atoms with E-state index in [4.69, 9.17) is 9.47 Å². The number of methoxy groups -OCH3 is 2. The van der Waals surface area contributed by atoms with Crippen LogP contribution < -0.4 is 4.74 Å². The molecule has 1 aromatic rings. The molecule has 3 heterocycles. The van der Waals surface area contributed by atoms with Crippen LogP contribution in [0.2, 0.25) is 0 Å². The number of likely N-dealkylation sites (tertiary alicyclic amines) is 1. The molecule has 4 unspecified atom stereocenters. The second kappa shape index (κ2) is 8.71. The predicted octanol–water partition coefficient (Wildman–Crippen LogP) is 3.27. The second-order valence-electron chi connectivity index (χ2n) is 9.00. The number of imide groups is 1. The first kappa shape index (κ1) is 23.1. The normalized spacial score (nSPS) is 30.8. The smallest absolute Gasteiger partial charge is 0.327 e. The molecule has 0 spiro atoms. The highest BCUT2D eigenvalue weighted by Crippen LogP contribution is 2.58. The SMILES string of the molecule is CCC(C)Sc1ccc(C2C3C(=O)N(C)C(=O)C3[C@]3(C(=O)OC)CCCCN23)cc1OC. The number of esters is 1. The lowest BCUT2D eigenvalue weighted by Gasteiger charge is -2.44. The van der Waals surface area contributed by atoms with Crippen LogP contribution in [0.15, 0.2) is 23.1 Å². The molecule has 0 aliphatic carbocycles. The molecule has 1 aromatic carbocycles. The van der Waals surface area contributed by atoms with Gasteiger partial charge in [-0.1, -0.05) is 19.9 Å². The number of hydrogen-bond donors (Lipinski definition) is 0. The van der Waals surface area contributed by atoms with Gasteiger partial charge in [0, 0.05) is 23.2 Å². The van der Waals surface area contributed by atoms with Gasteiger partial charge < -0.3 is 9.47 Å². The topological polar surface area (TPSA) is 76.2 Å². The van der Waals surface area contributed by atoms with Gasteiger partial charge in [-0.3, -0.25) is 24.2 Å². The minimum Gasteiger partial charge on any atom is -0.496 e. The van der Waals surface area contributed by atoms with E-state index in [9.17, 15) is 14.4 Å². The summed E-state index contributed by atoms with van der Waals surface area (Å²) in [6.45, 7) is 4.97. The van der Waals surface area contributed by atoms with Gasteiger partial charge in [-0.2, -0.15) is 0 Å². The van der Waals surface area contributed by atoms with Gasteiger partial charge in [0.15, 0.2) is 0 Å². The van der Waals surface area contributed by atoms with E-state index in [1.807, 2.05) is 18.2 Å². The fraction of sp³-hybridized carbons (Fsp3) is 0.625. The highest BCUT2D eigenvalue weighted by molar-refractivity contribution is 8.00. The maximum atomic E-state index is 13.3. The lowest BCUT2D eigenvalue weighted by atomic mass is 9.75. The third kappa shape index (κ3) is 3.25. The highest BCUT2D eigenvalue weighted by atomic mass is 32.2. The maximum Gasteiger partial charge on any atom is 0.327 e. The monoisotopic (exact) mass is 460 g/mol. The number of carbonyl (C=O) groups excluding carboxylic acids is 3. The van der Waals surface area contributed by atoms with Gasteiger partial charge in [0.2, 0.25) is 11.8 Å². The summed E-state index contributed by atoms with van der Waals surface area (Å²) in [4.78, 5) is 44.0.